The molecule has 0 saturated carbocycles. The molecule has 0 aliphatic rings. The fourth-order valence-corrected chi connectivity index (χ4v) is 2.67. The zero-order chi connectivity index (χ0) is 19.8. The van der Waals surface area contributed by atoms with Crippen LogP contribution in [0.25, 0.3) is 0 Å². The molecule has 7 heteroatoms. The molecule has 0 aliphatic carbocycles. The minimum absolute atomic E-state index is 0.134. The van der Waals surface area contributed by atoms with E-state index in [1.165, 1.54) is 12.1 Å². The molecule has 0 radical (unpaired) electrons. The Bertz CT molecular complexity index is 771. The van der Waals surface area contributed by atoms with E-state index in [-0.39, 0.29) is 17.5 Å². The van der Waals surface area contributed by atoms with Gasteiger partial charge in [-0.15, -0.1) is 0 Å². The van der Waals surface area contributed by atoms with Gasteiger partial charge in [0.1, 0.15) is 11.6 Å². The van der Waals surface area contributed by atoms with Gasteiger partial charge in [-0.25, -0.2) is 4.39 Å². The lowest BCUT2D eigenvalue weighted by Gasteiger charge is -2.15. The molecular formula is C20H26FN3O3. The van der Waals surface area contributed by atoms with E-state index in [9.17, 15) is 14.0 Å². The first-order chi connectivity index (χ1) is 12.9. The topological polar surface area (TPSA) is 74.6 Å². The van der Waals surface area contributed by atoms with Crippen LogP contribution in [0.15, 0.2) is 40.8 Å². The maximum Gasteiger partial charge on any atom is 0.305 e. The van der Waals surface area contributed by atoms with Gasteiger partial charge in [0.25, 0.3) is 0 Å². The monoisotopic (exact) mass is 375 g/mol. The summed E-state index contributed by atoms with van der Waals surface area (Å²) in [6, 6.07) is 9.43. The first-order valence-electron chi connectivity index (χ1n) is 9.08. The van der Waals surface area contributed by atoms with Crippen LogP contribution in [0.5, 0.6) is 0 Å². The maximum absolute atomic E-state index is 13.2. The first kappa shape index (κ1) is 20.6. The summed E-state index contributed by atoms with van der Waals surface area (Å²) >= 11 is 0. The minimum atomic E-state index is -0.521. The highest BCUT2D eigenvalue weighted by molar-refractivity contribution is 5.93. The first-order valence-corrected chi connectivity index (χ1v) is 9.08. The summed E-state index contributed by atoms with van der Waals surface area (Å²) in [5.41, 5.74) is 5.46. The second kappa shape index (κ2) is 9.87. The highest BCUT2D eigenvalue weighted by atomic mass is 19.1. The van der Waals surface area contributed by atoms with Crippen LogP contribution in [0, 0.1) is 11.7 Å². The fraction of sp³-hybridized carbons (Fsp3) is 0.400. The number of hydrogen-bond donors (Lipinski definition) is 2. The lowest BCUT2D eigenvalue weighted by atomic mass is 10.0. The second-order valence-electron chi connectivity index (χ2n) is 6.41. The summed E-state index contributed by atoms with van der Waals surface area (Å²) in [6.07, 6.45) is 0.369. The number of carbonyl (C=O) groups excluding carboxylic acids is 2. The molecule has 27 heavy (non-hydrogen) atoms. The van der Waals surface area contributed by atoms with Gasteiger partial charge in [0.2, 0.25) is 5.91 Å². The van der Waals surface area contributed by atoms with E-state index in [0.29, 0.717) is 18.7 Å². The molecule has 2 amide bonds. The quantitative estimate of drug-likeness (QED) is 0.696. The van der Waals surface area contributed by atoms with Crippen LogP contribution in [0.4, 0.5) is 4.39 Å². The van der Waals surface area contributed by atoms with Gasteiger partial charge in [-0.05, 0) is 49.3 Å². The normalized spacial score (nSPS) is 12.0. The fourth-order valence-electron chi connectivity index (χ4n) is 2.67. The van der Waals surface area contributed by atoms with Gasteiger partial charge in [0.15, 0.2) is 5.76 Å². The minimum Gasteiger partial charge on any atom is -0.454 e. The van der Waals surface area contributed by atoms with Gasteiger partial charge in [-0.1, -0.05) is 32.9 Å². The van der Waals surface area contributed by atoms with Crippen molar-refractivity contribution in [2.75, 3.05) is 13.1 Å². The molecule has 2 N–H and O–H groups in total. The van der Waals surface area contributed by atoms with Crippen LogP contribution in [0.1, 0.15) is 42.6 Å². The Kier molecular flexibility index (Phi) is 7.55. The number of nitrogens with zero attached hydrogens (tertiary/aromatic N) is 1. The molecule has 0 bridgehead atoms. The van der Waals surface area contributed by atoms with Gasteiger partial charge in [0, 0.05) is 5.92 Å². The van der Waals surface area contributed by atoms with Gasteiger partial charge in [-0.3, -0.25) is 25.3 Å². The van der Waals surface area contributed by atoms with E-state index >= 15 is 0 Å². The van der Waals surface area contributed by atoms with Crippen molar-refractivity contribution in [2.24, 2.45) is 5.92 Å². The third kappa shape index (κ3) is 6.21. The molecule has 146 valence electrons. The highest BCUT2D eigenvalue weighted by Gasteiger charge is 2.17. The van der Waals surface area contributed by atoms with E-state index in [2.05, 4.69) is 29.6 Å². The number of benzene rings is 1. The van der Waals surface area contributed by atoms with Crippen LogP contribution in [0.2, 0.25) is 0 Å². The predicted molar refractivity (Wildman–Crippen MR) is 100 cm³/mol. The predicted octanol–water partition coefficient (Wildman–Crippen LogP) is 2.90. The van der Waals surface area contributed by atoms with Crippen molar-refractivity contribution in [1.29, 1.82) is 0 Å². The Hall–Kier alpha value is -2.67. The second-order valence-corrected chi connectivity index (χ2v) is 6.41. The summed E-state index contributed by atoms with van der Waals surface area (Å²) in [6.45, 7) is 8.22. The molecule has 1 heterocycles. The standard InChI is InChI=1S/C20H26FN3O3/c1-4-24(5-2)13-17-9-10-18(27-17)20(26)23-22-19(25)14(3)11-15-7-6-8-16(21)12-15/h6-10,12,14H,4-5,11,13H2,1-3H3,(H,22,25)(H,23,26). The summed E-state index contributed by atoms with van der Waals surface area (Å²) in [5, 5.41) is 0. The molecule has 2 rings (SSSR count). The van der Waals surface area contributed by atoms with Crippen molar-refractivity contribution in [1.82, 2.24) is 15.8 Å². The molecule has 1 aromatic heterocycles. The smallest absolute Gasteiger partial charge is 0.305 e. The average Bonchev–Trinajstić information content (AvgIpc) is 3.12. The molecule has 1 atom stereocenters. The number of amides is 2. The Morgan fingerprint density at radius 2 is 1.89 bits per heavy atom. The van der Waals surface area contributed by atoms with Crippen LogP contribution in [0.3, 0.4) is 0 Å². The van der Waals surface area contributed by atoms with Crippen LogP contribution in [-0.2, 0) is 17.8 Å². The zero-order valence-electron chi connectivity index (χ0n) is 15.9. The molecule has 0 aliphatic heterocycles. The van der Waals surface area contributed by atoms with Gasteiger partial charge in [0.05, 0.1) is 6.54 Å². The van der Waals surface area contributed by atoms with Gasteiger partial charge in [-0.2, -0.15) is 0 Å². The maximum atomic E-state index is 13.2. The van der Waals surface area contributed by atoms with E-state index in [0.717, 1.165) is 18.7 Å². The van der Waals surface area contributed by atoms with Crippen molar-refractivity contribution in [2.45, 2.75) is 33.7 Å². The van der Waals surface area contributed by atoms with Crippen molar-refractivity contribution in [3.05, 3.63) is 59.3 Å². The number of furan rings is 1. The molecule has 2 aromatic rings. The van der Waals surface area contributed by atoms with Crippen LogP contribution < -0.4 is 10.9 Å². The number of hydrazine groups is 1. The molecule has 1 unspecified atom stereocenters. The number of hydrogen-bond acceptors (Lipinski definition) is 4. The lowest BCUT2D eigenvalue weighted by Crippen LogP contribution is -2.44. The van der Waals surface area contributed by atoms with Gasteiger partial charge >= 0.3 is 5.91 Å². The number of carbonyl (C=O) groups is 2. The molecule has 1 aromatic carbocycles. The van der Waals surface area contributed by atoms with E-state index in [1.807, 2.05) is 0 Å². The number of halogens is 1. The SMILES string of the molecule is CCN(CC)Cc1ccc(C(=O)NNC(=O)C(C)Cc2cccc(F)c2)o1. The molecule has 6 nitrogen and oxygen atoms in total. The average molecular weight is 375 g/mol. The van der Waals surface area contributed by atoms with Crippen molar-refractivity contribution in [3.8, 4) is 0 Å². The van der Waals surface area contributed by atoms with Crippen molar-refractivity contribution < 1.29 is 18.4 Å². The molecule has 0 fully saturated rings. The van der Waals surface area contributed by atoms with Gasteiger partial charge < -0.3 is 4.42 Å². The third-order valence-corrected chi connectivity index (χ3v) is 4.34. The Labute approximate surface area is 158 Å². The third-order valence-electron chi connectivity index (χ3n) is 4.34. The largest absolute Gasteiger partial charge is 0.454 e. The summed E-state index contributed by atoms with van der Waals surface area (Å²) < 4.78 is 18.8. The Balaban J connectivity index is 1.84. The highest BCUT2D eigenvalue weighted by Crippen LogP contribution is 2.12. The summed E-state index contributed by atoms with van der Waals surface area (Å²) in [7, 11) is 0. The van der Waals surface area contributed by atoms with Crippen molar-refractivity contribution in [3.63, 3.8) is 0 Å². The summed E-state index contributed by atoms with van der Waals surface area (Å²) in [4.78, 5) is 26.4. The molecule has 0 spiro atoms. The zero-order valence-corrected chi connectivity index (χ0v) is 15.9. The van der Waals surface area contributed by atoms with E-state index in [1.54, 1.807) is 31.2 Å². The number of nitrogens with one attached hydrogen (secondary N) is 2. The van der Waals surface area contributed by atoms with Crippen LogP contribution in [-0.4, -0.2) is 29.8 Å². The summed E-state index contributed by atoms with van der Waals surface area (Å²) in [5.74, 6) is -0.826. The number of rotatable bonds is 8. The Morgan fingerprint density at radius 1 is 1.15 bits per heavy atom. The van der Waals surface area contributed by atoms with E-state index < -0.39 is 11.8 Å². The Morgan fingerprint density at radius 3 is 2.56 bits per heavy atom. The molecule has 0 saturated heterocycles. The lowest BCUT2D eigenvalue weighted by molar-refractivity contribution is -0.125. The van der Waals surface area contributed by atoms with Crippen LogP contribution >= 0.6 is 0 Å². The van der Waals surface area contributed by atoms with Crippen molar-refractivity contribution >= 4 is 11.8 Å². The molecular weight excluding hydrogens is 349 g/mol. The van der Waals surface area contributed by atoms with E-state index in [4.69, 9.17) is 4.42 Å².